The number of aliphatic hydroxyl groups is 1. The number of nitrogens with zero attached hydrogens (tertiary/aromatic N) is 1. The van der Waals surface area contributed by atoms with Gasteiger partial charge in [-0.3, -0.25) is 0 Å². The first-order valence-corrected chi connectivity index (χ1v) is 5.34. The minimum Gasteiger partial charge on any atom is -0.394 e. The van der Waals surface area contributed by atoms with E-state index in [1.165, 1.54) is 6.07 Å². The van der Waals surface area contributed by atoms with Gasteiger partial charge in [-0.1, -0.05) is 36.4 Å². The number of nitrogens with one attached hydrogen (secondary N) is 1. The van der Waals surface area contributed by atoms with Crippen molar-refractivity contribution in [2.24, 2.45) is 0 Å². The molecular weight excluding hydrogens is 219 g/mol. The van der Waals surface area contributed by atoms with Gasteiger partial charge >= 0.3 is 0 Å². The molecule has 0 aliphatic carbocycles. The molecule has 2 rings (SSSR count). The highest BCUT2D eigenvalue weighted by Crippen LogP contribution is 2.17. The zero-order valence-electron chi connectivity index (χ0n) is 9.18. The van der Waals surface area contributed by atoms with Crippen molar-refractivity contribution >= 4 is 5.82 Å². The molecule has 0 fully saturated rings. The van der Waals surface area contributed by atoms with Crippen LogP contribution < -0.4 is 5.32 Å². The van der Waals surface area contributed by atoms with Gasteiger partial charge in [0.25, 0.3) is 0 Å². The largest absolute Gasteiger partial charge is 0.394 e. The second-order valence-electron chi connectivity index (χ2n) is 3.64. The van der Waals surface area contributed by atoms with Gasteiger partial charge < -0.3 is 10.4 Å². The van der Waals surface area contributed by atoms with Crippen LogP contribution in [0.4, 0.5) is 10.2 Å². The summed E-state index contributed by atoms with van der Waals surface area (Å²) in [7, 11) is 0. The molecule has 1 atom stereocenters. The molecule has 0 aliphatic heterocycles. The molecule has 88 valence electrons. The van der Waals surface area contributed by atoms with Crippen LogP contribution in [0.1, 0.15) is 11.6 Å². The van der Waals surface area contributed by atoms with Gasteiger partial charge in [0.05, 0.1) is 12.6 Å². The maximum atomic E-state index is 12.9. The van der Waals surface area contributed by atoms with Crippen molar-refractivity contribution < 1.29 is 9.50 Å². The van der Waals surface area contributed by atoms with Gasteiger partial charge in [-0.2, -0.15) is 4.39 Å². The number of rotatable bonds is 4. The van der Waals surface area contributed by atoms with E-state index in [0.29, 0.717) is 5.82 Å². The first-order chi connectivity index (χ1) is 8.29. The minimum absolute atomic E-state index is 0.0811. The van der Waals surface area contributed by atoms with Crippen LogP contribution in [0.2, 0.25) is 0 Å². The van der Waals surface area contributed by atoms with E-state index in [2.05, 4.69) is 10.3 Å². The van der Waals surface area contributed by atoms with Crippen LogP contribution in [0.25, 0.3) is 0 Å². The lowest BCUT2D eigenvalue weighted by Crippen LogP contribution is -2.15. The molecule has 1 aromatic heterocycles. The number of hydrogen-bond acceptors (Lipinski definition) is 3. The van der Waals surface area contributed by atoms with Crippen LogP contribution in [0.3, 0.4) is 0 Å². The summed E-state index contributed by atoms with van der Waals surface area (Å²) in [5.41, 5.74) is 0.932. The van der Waals surface area contributed by atoms with Crippen molar-refractivity contribution in [3.8, 4) is 0 Å². The normalized spacial score (nSPS) is 12.1. The number of aromatic nitrogens is 1. The summed E-state index contributed by atoms with van der Waals surface area (Å²) in [5, 5.41) is 12.3. The SMILES string of the molecule is OCC(Nc1cccc(F)n1)c1ccccc1. The van der Waals surface area contributed by atoms with E-state index in [1.807, 2.05) is 30.3 Å². The van der Waals surface area contributed by atoms with E-state index in [9.17, 15) is 9.50 Å². The van der Waals surface area contributed by atoms with E-state index in [1.54, 1.807) is 12.1 Å². The maximum Gasteiger partial charge on any atom is 0.214 e. The minimum atomic E-state index is -0.542. The number of benzene rings is 1. The standard InChI is InChI=1S/C13H13FN2O/c14-12-7-4-8-13(16-12)15-11(9-17)10-5-2-1-3-6-10/h1-8,11,17H,9H2,(H,15,16). The van der Waals surface area contributed by atoms with Gasteiger partial charge in [0.15, 0.2) is 0 Å². The van der Waals surface area contributed by atoms with Crippen molar-refractivity contribution in [2.75, 3.05) is 11.9 Å². The Bertz CT molecular complexity index is 476. The fourth-order valence-electron chi connectivity index (χ4n) is 1.59. The van der Waals surface area contributed by atoms with Gasteiger partial charge in [0, 0.05) is 0 Å². The number of aliphatic hydroxyl groups excluding tert-OH is 1. The smallest absolute Gasteiger partial charge is 0.214 e. The quantitative estimate of drug-likeness (QED) is 0.795. The van der Waals surface area contributed by atoms with Crippen molar-refractivity contribution in [1.82, 2.24) is 4.98 Å². The summed E-state index contributed by atoms with van der Waals surface area (Å²) in [6, 6.07) is 13.7. The molecule has 4 heteroatoms. The third-order valence-electron chi connectivity index (χ3n) is 2.42. The Morgan fingerprint density at radius 1 is 1.12 bits per heavy atom. The van der Waals surface area contributed by atoms with Crippen LogP contribution in [0.5, 0.6) is 0 Å². The summed E-state index contributed by atoms with van der Waals surface area (Å²) >= 11 is 0. The number of hydrogen-bond donors (Lipinski definition) is 2. The molecule has 0 aliphatic rings. The third kappa shape index (κ3) is 3.01. The predicted molar refractivity (Wildman–Crippen MR) is 64.1 cm³/mol. The Morgan fingerprint density at radius 3 is 2.53 bits per heavy atom. The fraction of sp³-hybridized carbons (Fsp3) is 0.154. The molecule has 1 heterocycles. The lowest BCUT2D eigenvalue weighted by molar-refractivity contribution is 0.276. The van der Waals surface area contributed by atoms with Gasteiger partial charge in [-0.05, 0) is 17.7 Å². The molecule has 2 N–H and O–H groups in total. The highest BCUT2D eigenvalue weighted by Gasteiger charge is 2.10. The lowest BCUT2D eigenvalue weighted by atomic mass is 10.1. The van der Waals surface area contributed by atoms with Gasteiger partial charge in [-0.25, -0.2) is 4.98 Å². The molecule has 0 amide bonds. The van der Waals surface area contributed by atoms with E-state index < -0.39 is 5.95 Å². The van der Waals surface area contributed by atoms with Gasteiger partial charge in [0.2, 0.25) is 5.95 Å². The second kappa shape index (κ2) is 5.41. The summed E-state index contributed by atoms with van der Waals surface area (Å²) < 4.78 is 12.9. The zero-order chi connectivity index (χ0) is 12.1. The van der Waals surface area contributed by atoms with Crippen LogP contribution in [0, 0.1) is 5.95 Å². The van der Waals surface area contributed by atoms with E-state index in [0.717, 1.165) is 5.56 Å². The molecule has 1 aromatic carbocycles. The molecule has 0 saturated heterocycles. The van der Waals surface area contributed by atoms with Crippen LogP contribution >= 0.6 is 0 Å². The first kappa shape index (κ1) is 11.5. The molecule has 0 spiro atoms. The topological polar surface area (TPSA) is 45.1 Å². The Labute approximate surface area is 98.9 Å². The molecule has 2 aromatic rings. The maximum absolute atomic E-state index is 12.9. The van der Waals surface area contributed by atoms with Gasteiger partial charge in [0.1, 0.15) is 5.82 Å². The van der Waals surface area contributed by atoms with Crippen molar-refractivity contribution in [3.63, 3.8) is 0 Å². The van der Waals surface area contributed by atoms with Crippen molar-refractivity contribution in [2.45, 2.75) is 6.04 Å². The van der Waals surface area contributed by atoms with Crippen LogP contribution in [-0.2, 0) is 0 Å². The average Bonchev–Trinajstić information content (AvgIpc) is 2.37. The summed E-state index contributed by atoms with van der Waals surface area (Å²) in [6.45, 7) is -0.0811. The Kier molecular flexibility index (Phi) is 3.67. The van der Waals surface area contributed by atoms with Crippen LogP contribution in [-0.4, -0.2) is 16.7 Å². The van der Waals surface area contributed by atoms with Gasteiger partial charge in [-0.15, -0.1) is 0 Å². The zero-order valence-corrected chi connectivity index (χ0v) is 9.18. The first-order valence-electron chi connectivity index (χ1n) is 5.34. The fourth-order valence-corrected chi connectivity index (χ4v) is 1.59. The molecule has 0 radical (unpaired) electrons. The number of pyridine rings is 1. The second-order valence-corrected chi connectivity index (χ2v) is 3.64. The number of anilines is 1. The third-order valence-corrected chi connectivity index (χ3v) is 2.42. The highest BCUT2D eigenvalue weighted by atomic mass is 19.1. The van der Waals surface area contributed by atoms with E-state index in [4.69, 9.17) is 0 Å². The Hall–Kier alpha value is -1.94. The number of halogens is 1. The monoisotopic (exact) mass is 232 g/mol. The Morgan fingerprint density at radius 2 is 1.88 bits per heavy atom. The molecule has 3 nitrogen and oxygen atoms in total. The average molecular weight is 232 g/mol. The summed E-state index contributed by atoms with van der Waals surface area (Å²) in [6.07, 6.45) is 0. The Balaban J connectivity index is 2.16. The highest BCUT2D eigenvalue weighted by molar-refractivity contribution is 5.38. The molecule has 0 bridgehead atoms. The summed E-state index contributed by atoms with van der Waals surface area (Å²) in [5.74, 6) is -0.132. The van der Waals surface area contributed by atoms with E-state index >= 15 is 0 Å². The molecular formula is C13H13FN2O. The van der Waals surface area contributed by atoms with Crippen molar-refractivity contribution in [1.29, 1.82) is 0 Å². The molecule has 17 heavy (non-hydrogen) atoms. The molecule has 0 saturated carbocycles. The van der Waals surface area contributed by atoms with E-state index in [-0.39, 0.29) is 12.6 Å². The van der Waals surface area contributed by atoms with Crippen molar-refractivity contribution in [3.05, 3.63) is 60.0 Å². The predicted octanol–water partition coefficient (Wildman–Crippen LogP) is 2.37. The molecule has 1 unspecified atom stereocenters. The lowest BCUT2D eigenvalue weighted by Gasteiger charge is -2.17. The van der Waals surface area contributed by atoms with Crippen LogP contribution in [0.15, 0.2) is 48.5 Å². The summed E-state index contributed by atoms with van der Waals surface area (Å²) in [4.78, 5) is 3.70.